The molecule has 1 aliphatic rings. The summed E-state index contributed by atoms with van der Waals surface area (Å²) in [6, 6.07) is 9.69. The number of carbonyl (C=O) groups excluding carboxylic acids is 1. The highest BCUT2D eigenvalue weighted by molar-refractivity contribution is 6.74. The molecule has 1 saturated carbocycles. The number of hydrogen-bond acceptors (Lipinski definition) is 5. The van der Waals surface area contributed by atoms with E-state index in [9.17, 15) is 15.0 Å². The highest BCUT2D eigenvalue weighted by Gasteiger charge is 2.50. The third-order valence-corrected chi connectivity index (χ3v) is 11.1. The summed E-state index contributed by atoms with van der Waals surface area (Å²) in [7, 11) is -2.14. The first kappa shape index (κ1) is 25.0. The Labute approximate surface area is 182 Å². The Kier molecular flexibility index (Phi) is 8.21. The Balaban J connectivity index is 2.32. The van der Waals surface area contributed by atoms with Crippen LogP contribution in [0.25, 0.3) is 0 Å². The maximum absolute atomic E-state index is 13.3. The van der Waals surface area contributed by atoms with Gasteiger partial charge in [-0.05, 0) is 30.6 Å². The van der Waals surface area contributed by atoms with E-state index in [2.05, 4.69) is 40.4 Å². The van der Waals surface area contributed by atoms with Gasteiger partial charge in [0.2, 0.25) is 0 Å². The molecule has 0 amide bonds. The van der Waals surface area contributed by atoms with Crippen molar-refractivity contribution in [2.45, 2.75) is 83.3 Å². The van der Waals surface area contributed by atoms with Gasteiger partial charge in [-0.2, -0.15) is 0 Å². The lowest BCUT2D eigenvalue weighted by Crippen LogP contribution is -2.56. The summed E-state index contributed by atoms with van der Waals surface area (Å²) in [6.45, 7) is 16.6. The van der Waals surface area contributed by atoms with Crippen LogP contribution < -0.4 is 0 Å². The second-order valence-electron chi connectivity index (χ2n) is 9.91. The maximum Gasteiger partial charge on any atom is 0.192 e. The molecular formula is C24H38O5Si. The molecule has 1 aliphatic carbocycles. The lowest BCUT2D eigenvalue weighted by Gasteiger charge is -2.47. The summed E-state index contributed by atoms with van der Waals surface area (Å²) in [6.07, 6.45) is -1.14. The molecule has 0 unspecified atom stereocenters. The van der Waals surface area contributed by atoms with E-state index >= 15 is 0 Å². The van der Waals surface area contributed by atoms with E-state index < -0.39 is 32.5 Å². The largest absolute Gasteiger partial charge is 0.413 e. The molecule has 168 valence electrons. The van der Waals surface area contributed by atoms with Gasteiger partial charge in [-0.15, -0.1) is 6.58 Å². The molecule has 0 saturated heterocycles. The number of aliphatic hydroxyl groups is 2. The third kappa shape index (κ3) is 5.68. The van der Waals surface area contributed by atoms with E-state index in [1.54, 1.807) is 6.08 Å². The van der Waals surface area contributed by atoms with Gasteiger partial charge >= 0.3 is 0 Å². The van der Waals surface area contributed by atoms with Crippen LogP contribution in [0.3, 0.4) is 0 Å². The van der Waals surface area contributed by atoms with Crippen LogP contribution in [0.5, 0.6) is 0 Å². The SMILES string of the molecule is C=C[C@@H]1[C@@H]([C@@H](O)[C@H](C)O)C(=O)[C@@H](OCc2ccccc2)C[C@H]1O[Si](C)(C)C(C)(C)C. The normalized spacial score (nSPS) is 27.5. The number of ether oxygens (including phenoxy) is 1. The van der Waals surface area contributed by atoms with Crippen LogP contribution in [-0.2, 0) is 20.6 Å². The fourth-order valence-corrected chi connectivity index (χ4v) is 5.08. The number of Topliss-reactive ketones (excluding diaryl/α,β-unsaturated/α-hetero) is 1. The van der Waals surface area contributed by atoms with Crippen molar-refractivity contribution in [2.75, 3.05) is 0 Å². The van der Waals surface area contributed by atoms with E-state index in [0.29, 0.717) is 13.0 Å². The molecule has 30 heavy (non-hydrogen) atoms. The third-order valence-electron chi connectivity index (χ3n) is 6.62. The van der Waals surface area contributed by atoms with Gasteiger partial charge in [0.15, 0.2) is 14.1 Å². The Morgan fingerprint density at radius 1 is 1.23 bits per heavy atom. The molecule has 6 atom stereocenters. The van der Waals surface area contributed by atoms with Gasteiger partial charge in [0.05, 0.1) is 30.8 Å². The van der Waals surface area contributed by atoms with Crippen molar-refractivity contribution in [3.05, 3.63) is 48.6 Å². The summed E-state index contributed by atoms with van der Waals surface area (Å²) < 4.78 is 12.7. The highest BCUT2D eigenvalue weighted by Crippen LogP contribution is 2.42. The van der Waals surface area contributed by atoms with Crippen LogP contribution in [0.15, 0.2) is 43.0 Å². The van der Waals surface area contributed by atoms with Crippen LogP contribution >= 0.6 is 0 Å². The molecule has 0 bridgehead atoms. The number of hydrogen-bond donors (Lipinski definition) is 2. The lowest BCUT2D eigenvalue weighted by atomic mass is 9.71. The second-order valence-corrected chi connectivity index (χ2v) is 14.7. The van der Waals surface area contributed by atoms with Crippen LogP contribution in [0.4, 0.5) is 0 Å². The van der Waals surface area contributed by atoms with E-state index in [1.807, 2.05) is 30.3 Å². The van der Waals surface area contributed by atoms with Crippen molar-refractivity contribution in [3.63, 3.8) is 0 Å². The maximum atomic E-state index is 13.3. The molecule has 0 heterocycles. The minimum atomic E-state index is -2.14. The Hall–Kier alpha value is -1.31. The molecule has 1 fully saturated rings. The molecule has 0 aromatic heterocycles. The van der Waals surface area contributed by atoms with Crippen LogP contribution in [0.2, 0.25) is 18.1 Å². The van der Waals surface area contributed by atoms with Gasteiger partial charge in [0, 0.05) is 12.3 Å². The molecule has 2 rings (SSSR count). The second kappa shape index (κ2) is 9.87. The molecular weight excluding hydrogens is 396 g/mol. The van der Waals surface area contributed by atoms with Crippen LogP contribution in [0, 0.1) is 11.8 Å². The first-order valence-corrected chi connectivity index (χ1v) is 13.7. The van der Waals surface area contributed by atoms with Gasteiger partial charge < -0.3 is 19.4 Å². The first-order valence-electron chi connectivity index (χ1n) is 10.7. The minimum absolute atomic E-state index is 0.00104. The van der Waals surface area contributed by atoms with E-state index in [0.717, 1.165) is 5.56 Å². The quantitative estimate of drug-likeness (QED) is 0.476. The zero-order valence-corrected chi connectivity index (χ0v) is 20.2. The average molecular weight is 435 g/mol. The summed E-state index contributed by atoms with van der Waals surface area (Å²) in [5.41, 5.74) is 0.977. The van der Waals surface area contributed by atoms with Crippen molar-refractivity contribution in [1.29, 1.82) is 0 Å². The van der Waals surface area contributed by atoms with Crippen LogP contribution in [-0.4, -0.2) is 48.7 Å². The Morgan fingerprint density at radius 2 is 1.83 bits per heavy atom. The molecule has 2 N–H and O–H groups in total. The standard InChI is InChI=1S/C24H38O5Si/c1-8-18-19(29-30(6,7)24(3,4)5)14-20(23(27)21(18)22(26)16(2)25)28-15-17-12-10-9-11-13-17/h8-13,16,18-22,25-26H,1,14-15H2,2-7H3/t16-,18-,19+,20-,21-,22-/m0/s1. The molecule has 0 aliphatic heterocycles. The Morgan fingerprint density at radius 3 is 2.33 bits per heavy atom. The number of aliphatic hydroxyl groups excluding tert-OH is 2. The first-order chi connectivity index (χ1) is 13.9. The fraction of sp³-hybridized carbons (Fsp3) is 0.625. The molecule has 5 nitrogen and oxygen atoms in total. The average Bonchev–Trinajstić information content (AvgIpc) is 2.66. The number of carbonyl (C=O) groups is 1. The van der Waals surface area contributed by atoms with Crippen molar-refractivity contribution >= 4 is 14.1 Å². The minimum Gasteiger partial charge on any atom is -0.413 e. The summed E-state index contributed by atoms with van der Waals surface area (Å²) in [4.78, 5) is 13.3. The summed E-state index contributed by atoms with van der Waals surface area (Å²) in [5.74, 6) is -1.39. The van der Waals surface area contributed by atoms with E-state index in [4.69, 9.17) is 9.16 Å². The lowest BCUT2D eigenvalue weighted by molar-refractivity contribution is -0.157. The van der Waals surface area contributed by atoms with Gasteiger partial charge in [0.1, 0.15) is 6.10 Å². The van der Waals surface area contributed by atoms with Crippen molar-refractivity contribution in [3.8, 4) is 0 Å². The smallest absolute Gasteiger partial charge is 0.192 e. The monoisotopic (exact) mass is 434 g/mol. The van der Waals surface area contributed by atoms with Crippen molar-refractivity contribution in [1.82, 2.24) is 0 Å². The van der Waals surface area contributed by atoms with Gasteiger partial charge in [-0.1, -0.05) is 57.2 Å². The number of rotatable bonds is 8. The van der Waals surface area contributed by atoms with E-state index in [-0.39, 0.29) is 22.8 Å². The van der Waals surface area contributed by atoms with Crippen molar-refractivity contribution < 1.29 is 24.2 Å². The van der Waals surface area contributed by atoms with Gasteiger partial charge in [-0.25, -0.2) is 0 Å². The Bertz CT molecular complexity index is 710. The predicted molar refractivity (Wildman–Crippen MR) is 122 cm³/mol. The number of ketones is 1. The zero-order chi connectivity index (χ0) is 22.7. The molecule has 0 spiro atoms. The summed E-state index contributed by atoms with van der Waals surface area (Å²) in [5, 5.41) is 20.7. The van der Waals surface area contributed by atoms with Crippen molar-refractivity contribution in [2.24, 2.45) is 11.8 Å². The molecule has 1 aromatic rings. The van der Waals surface area contributed by atoms with Gasteiger partial charge in [-0.3, -0.25) is 4.79 Å². The van der Waals surface area contributed by atoms with E-state index in [1.165, 1.54) is 6.92 Å². The summed E-state index contributed by atoms with van der Waals surface area (Å²) >= 11 is 0. The fourth-order valence-electron chi connectivity index (χ4n) is 3.72. The molecule has 0 radical (unpaired) electrons. The zero-order valence-electron chi connectivity index (χ0n) is 19.2. The number of benzene rings is 1. The predicted octanol–water partition coefficient (Wildman–Crippen LogP) is 4.10. The molecule has 6 heteroatoms. The highest BCUT2D eigenvalue weighted by atomic mass is 28.4. The van der Waals surface area contributed by atoms with Gasteiger partial charge in [0.25, 0.3) is 0 Å². The topological polar surface area (TPSA) is 76.0 Å². The molecule has 1 aromatic carbocycles. The van der Waals surface area contributed by atoms with Crippen LogP contribution in [0.1, 0.15) is 39.7 Å².